The van der Waals surface area contributed by atoms with Crippen molar-refractivity contribution in [3.8, 4) is 0 Å². The largest absolute Gasteiger partial charge is 0.328 e. The van der Waals surface area contributed by atoms with Gasteiger partial charge in [0.05, 0.1) is 5.54 Å². The molecule has 0 bridgehead atoms. The van der Waals surface area contributed by atoms with Crippen molar-refractivity contribution in [2.45, 2.75) is 40.2 Å². The molecular formula is C11H25N3O. The van der Waals surface area contributed by atoms with Crippen molar-refractivity contribution in [2.24, 2.45) is 5.73 Å². The number of hydrogen-bond donors (Lipinski definition) is 1. The second kappa shape index (κ2) is 5.95. The van der Waals surface area contributed by atoms with E-state index in [4.69, 9.17) is 5.73 Å². The molecule has 0 spiro atoms. The predicted octanol–water partition coefficient (Wildman–Crippen LogP) is 1.51. The van der Waals surface area contributed by atoms with E-state index in [1.807, 2.05) is 44.4 Å². The van der Waals surface area contributed by atoms with E-state index in [2.05, 4.69) is 0 Å². The lowest BCUT2D eigenvalue weighted by molar-refractivity contribution is 0.111. The summed E-state index contributed by atoms with van der Waals surface area (Å²) in [5.41, 5.74) is 5.42. The first-order valence-electron chi connectivity index (χ1n) is 5.71. The van der Waals surface area contributed by atoms with Crippen molar-refractivity contribution in [3.05, 3.63) is 0 Å². The number of nitrogens with two attached hydrogens (primary N) is 1. The monoisotopic (exact) mass is 215 g/mol. The number of nitrogens with zero attached hydrogens (tertiary/aromatic N) is 2. The van der Waals surface area contributed by atoms with Gasteiger partial charge in [-0.2, -0.15) is 0 Å². The molecular weight excluding hydrogens is 190 g/mol. The summed E-state index contributed by atoms with van der Waals surface area (Å²) in [6.07, 6.45) is 0. The van der Waals surface area contributed by atoms with E-state index < -0.39 is 0 Å². The second-order valence-corrected chi connectivity index (χ2v) is 4.22. The van der Waals surface area contributed by atoms with E-state index >= 15 is 0 Å². The Labute approximate surface area is 93.4 Å². The number of rotatable bonds is 5. The van der Waals surface area contributed by atoms with Crippen LogP contribution in [-0.4, -0.2) is 47.5 Å². The first-order chi connectivity index (χ1) is 6.94. The van der Waals surface area contributed by atoms with Gasteiger partial charge in [0.1, 0.15) is 0 Å². The van der Waals surface area contributed by atoms with Crippen molar-refractivity contribution >= 4 is 6.03 Å². The Balaban J connectivity index is 4.74. The summed E-state index contributed by atoms with van der Waals surface area (Å²) in [7, 11) is 0. The maximum atomic E-state index is 12.1. The minimum atomic E-state index is -0.269. The highest BCUT2D eigenvalue weighted by Gasteiger charge is 2.30. The summed E-state index contributed by atoms with van der Waals surface area (Å²) in [5, 5.41) is 0. The zero-order chi connectivity index (χ0) is 12.1. The molecule has 0 aromatic carbocycles. The maximum Gasteiger partial charge on any atom is 0.320 e. The van der Waals surface area contributed by atoms with Gasteiger partial charge in [0.15, 0.2) is 0 Å². The van der Waals surface area contributed by atoms with Crippen LogP contribution in [0.5, 0.6) is 0 Å². The molecule has 0 heterocycles. The molecule has 0 aromatic rings. The minimum absolute atomic E-state index is 0.0814. The molecule has 0 unspecified atom stereocenters. The van der Waals surface area contributed by atoms with Gasteiger partial charge in [-0.15, -0.1) is 0 Å². The number of hydrogen-bond acceptors (Lipinski definition) is 2. The summed E-state index contributed by atoms with van der Waals surface area (Å²) in [6, 6.07) is 0.0814. The van der Waals surface area contributed by atoms with E-state index in [1.165, 1.54) is 0 Å². The molecule has 0 saturated carbocycles. The Hall–Kier alpha value is -0.770. The van der Waals surface area contributed by atoms with Crippen LogP contribution in [0.3, 0.4) is 0 Å². The Kier molecular flexibility index (Phi) is 5.65. The Morgan fingerprint density at radius 1 is 1.13 bits per heavy atom. The summed E-state index contributed by atoms with van der Waals surface area (Å²) in [4.78, 5) is 15.8. The van der Waals surface area contributed by atoms with Crippen molar-refractivity contribution in [3.63, 3.8) is 0 Å². The number of amides is 2. The Morgan fingerprint density at radius 2 is 1.60 bits per heavy atom. The number of carbonyl (C=O) groups excluding carboxylic acids is 1. The van der Waals surface area contributed by atoms with Crippen molar-refractivity contribution in [2.75, 3.05) is 26.2 Å². The topological polar surface area (TPSA) is 49.6 Å². The van der Waals surface area contributed by atoms with Crippen LogP contribution in [0.1, 0.15) is 34.6 Å². The zero-order valence-corrected chi connectivity index (χ0v) is 10.7. The lowest BCUT2D eigenvalue weighted by Crippen LogP contribution is -2.56. The molecule has 0 fully saturated rings. The minimum Gasteiger partial charge on any atom is -0.328 e. The first-order valence-corrected chi connectivity index (χ1v) is 5.71. The van der Waals surface area contributed by atoms with E-state index in [-0.39, 0.29) is 11.6 Å². The van der Waals surface area contributed by atoms with Crippen molar-refractivity contribution < 1.29 is 4.79 Å². The van der Waals surface area contributed by atoms with Crippen LogP contribution >= 0.6 is 0 Å². The molecule has 0 atom stereocenters. The van der Waals surface area contributed by atoms with Gasteiger partial charge in [0.25, 0.3) is 0 Å². The fourth-order valence-corrected chi connectivity index (χ4v) is 1.60. The van der Waals surface area contributed by atoms with Gasteiger partial charge in [-0.05, 0) is 34.6 Å². The molecule has 0 saturated heterocycles. The molecule has 4 heteroatoms. The molecule has 0 aliphatic carbocycles. The van der Waals surface area contributed by atoms with Gasteiger partial charge in [0, 0.05) is 26.2 Å². The molecule has 4 nitrogen and oxygen atoms in total. The quantitative estimate of drug-likeness (QED) is 0.755. The summed E-state index contributed by atoms with van der Waals surface area (Å²) in [6.45, 7) is 12.6. The summed E-state index contributed by atoms with van der Waals surface area (Å²) >= 11 is 0. The van der Waals surface area contributed by atoms with Crippen LogP contribution in [0, 0.1) is 0 Å². The fourth-order valence-electron chi connectivity index (χ4n) is 1.60. The highest BCUT2D eigenvalue weighted by molar-refractivity contribution is 5.75. The smallest absolute Gasteiger partial charge is 0.320 e. The SMILES string of the molecule is CCN(CC)C(=O)N(CC)C(C)(C)CN. The van der Waals surface area contributed by atoms with Crippen LogP contribution in [0.15, 0.2) is 0 Å². The third kappa shape index (κ3) is 3.38. The zero-order valence-electron chi connectivity index (χ0n) is 10.7. The average Bonchev–Trinajstić information content (AvgIpc) is 2.20. The van der Waals surface area contributed by atoms with Gasteiger partial charge < -0.3 is 15.5 Å². The van der Waals surface area contributed by atoms with E-state index in [0.717, 1.165) is 13.1 Å². The van der Waals surface area contributed by atoms with Gasteiger partial charge in [-0.1, -0.05) is 0 Å². The maximum absolute atomic E-state index is 12.1. The lowest BCUT2D eigenvalue weighted by atomic mass is 10.0. The molecule has 2 amide bonds. The standard InChI is InChI=1S/C11H25N3O/c1-6-13(7-2)10(15)14(8-3)11(4,5)9-12/h6-9,12H2,1-5H3. The number of carbonyl (C=O) groups is 1. The van der Waals surface area contributed by atoms with Crippen LogP contribution in [0.25, 0.3) is 0 Å². The second-order valence-electron chi connectivity index (χ2n) is 4.22. The normalized spacial score (nSPS) is 11.3. The van der Waals surface area contributed by atoms with Gasteiger partial charge in [0.2, 0.25) is 0 Å². The number of urea groups is 1. The summed E-state index contributed by atoms with van der Waals surface area (Å²) in [5.74, 6) is 0. The van der Waals surface area contributed by atoms with Crippen molar-refractivity contribution in [1.29, 1.82) is 0 Å². The van der Waals surface area contributed by atoms with Crippen LogP contribution in [0.2, 0.25) is 0 Å². The third-order valence-corrected chi connectivity index (χ3v) is 2.81. The highest BCUT2D eigenvalue weighted by atomic mass is 16.2. The molecule has 0 radical (unpaired) electrons. The fraction of sp³-hybridized carbons (Fsp3) is 0.909. The van der Waals surface area contributed by atoms with Crippen LogP contribution in [-0.2, 0) is 0 Å². The van der Waals surface area contributed by atoms with Gasteiger partial charge in [-0.3, -0.25) is 0 Å². The molecule has 0 rings (SSSR count). The summed E-state index contributed by atoms with van der Waals surface area (Å²) < 4.78 is 0. The lowest BCUT2D eigenvalue weighted by Gasteiger charge is -2.39. The highest BCUT2D eigenvalue weighted by Crippen LogP contribution is 2.14. The van der Waals surface area contributed by atoms with Gasteiger partial charge >= 0.3 is 6.03 Å². The average molecular weight is 215 g/mol. The van der Waals surface area contributed by atoms with E-state index in [0.29, 0.717) is 13.1 Å². The van der Waals surface area contributed by atoms with Gasteiger partial charge in [-0.25, -0.2) is 4.79 Å². The van der Waals surface area contributed by atoms with E-state index in [9.17, 15) is 4.79 Å². The molecule has 90 valence electrons. The Bertz CT molecular complexity index is 200. The first kappa shape index (κ1) is 14.2. The molecule has 0 aromatic heterocycles. The van der Waals surface area contributed by atoms with E-state index in [1.54, 1.807) is 0 Å². The third-order valence-electron chi connectivity index (χ3n) is 2.81. The molecule has 0 aliphatic heterocycles. The number of likely N-dealkylation sites (N-methyl/N-ethyl adjacent to an activating group) is 1. The molecule has 0 aliphatic rings. The van der Waals surface area contributed by atoms with Crippen molar-refractivity contribution in [1.82, 2.24) is 9.80 Å². The molecule has 2 N–H and O–H groups in total. The van der Waals surface area contributed by atoms with Crippen LogP contribution < -0.4 is 5.73 Å². The molecule has 15 heavy (non-hydrogen) atoms. The predicted molar refractivity (Wildman–Crippen MR) is 63.8 cm³/mol. The van der Waals surface area contributed by atoms with Crippen LogP contribution in [0.4, 0.5) is 4.79 Å². The Morgan fingerprint density at radius 3 is 1.87 bits per heavy atom.